The maximum absolute atomic E-state index is 10.1. The van der Waals surface area contributed by atoms with E-state index in [2.05, 4.69) is 107 Å². The molecule has 0 spiro atoms. The van der Waals surface area contributed by atoms with Crippen molar-refractivity contribution in [3.05, 3.63) is 106 Å². The van der Waals surface area contributed by atoms with E-state index in [1.54, 1.807) is 6.92 Å². The van der Waals surface area contributed by atoms with E-state index in [1.807, 2.05) is 12.3 Å². The average molecular weight is 701 g/mol. The van der Waals surface area contributed by atoms with Crippen molar-refractivity contribution in [1.29, 1.82) is 0 Å². The van der Waals surface area contributed by atoms with Gasteiger partial charge in [-0.25, -0.2) is 0 Å². The number of nitrogens with zero attached hydrogens (tertiary/aromatic N) is 1. The molecule has 0 amide bonds. The monoisotopic (exact) mass is 700 g/mol. The minimum atomic E-state index is -0.475. The van der Waals surface area contributed by atoms with Crippen molar-refractivity contribution < 1.29 is 31.0 Å². The van der Waals surface area contributed by atoms with Crippen molar-refractivity contribution in [1.82, 2.24) is 4.98 Å². The van der Waals surface area contributed by atoms with Gasteiger partial charge in [-0.15, -0.1) is 0 Å². The van der Waals surface area contributed by atoms with Crippen LogP contribution in [0, 0.1) is 41.5 Å². The molecule has 1 N–H and O–H groups in total. The smallest absolute Gasteiger partial charge is 0.393 e. The second-order valence-electron chi connectivity index (χ2n) is 10.7. The summed E-state index contributed by atoms with van der Waals surface area (Å²) in [4.78, 5) is 14.7. The zero-order chi connectivity index (χ0) is 28.0. The predicted molar refractivity (Wildman–Crippen MR) is 163 cm³/mol. The number of carbonyl (C=O) groups excluding carboxylic acids is 1. The Morgan fingerprint density at radius 3 is 1.69 bits per heavy atom. The Labute approximate surface area is 249 Å². The number of hydrogen-bond acceptors (Lipinski definition) is 3. The summed E-state index contributed by atoms with van der Waals surface area (Å²) in [6.07, 6.45) is 1.67. The number of aryl methyl sites for hydroxylation is 6. The average Bonchev–Trinajstić information content (AvgIpc) is 2.82. The molecular formula is C34H40BNO2Pt+2. The zero-order valence-electron chi connectivity index (χ0n) is 24.4. The first-order valence-electron chi connectivity index (χ1n) is 13.3. The van der Waals surface area contributed by atoms with Crippen LogP contribution in [0.4, 0.5) is 0 Å². The summed E-state index contributed by atoms with van der Waals surface area (Å²) in [5.41, 5.74) is 14.4. The van der Waals surface area contributed by atoms with Crippen LogP contribution in [0.25, 0.3) is 11.3 Å². The van der Waals surface area contributed by atoms with E-state index in [-0.39, 0.29) is 40.0 Å². The van der Waals surface area contributed by atoms with Crippen molar-refractivity contribution in [3.8, 4) is 11.3 Å². The molecule has 39 heavy (non-hydrogen) atoms. The number of aliphatic hydroxyl groups is 1. The summed E-state index contributed by atoms with van der Waals surface area (Å²) in [5.74, 6) is 0.0370. The molecule has 3 nitrogen and oxygen atoms in total. The number of aromatic nitrogens is 1. The van der Waals surface area contributed by atoms with Crippen LogP contribution in [-0.4, -0.2) is 28.7 Å². The normalized spacial score (nSPS) is 11.1. The minimum Gasteiger partial charge on any atom is -0.393 e. The molecule has 1 aromatic heterocycles. The van der Waals surface area contributed by atoms with Gasteiger partial charge in [0.25, 0.3) is 0 Å². The Morgan fingerprint density at radius 2 is 1.31 bits per heavy atom. The number of hydrogen-bond donors (Lipinski definition) is 1. The molecule has 0 radical (unpaired) electrons. The third-order valence-corrected chi connectivity index (χ3v) is 6.82. The summed E-state index contributed by atoms with van der Waals surface area (Å²) in [6, 6.07) is 24.3. The summed E-state index contributed by atoms with van der Waals surface area (Å²) < 4.78 is 0. The van der Waals surface area contributed by atoms with Crippen molar-refractivity contribution in [2.24, 2.45) is 0 Å². The van der Waals surface area contributed by atoms with Gasteiger partial charge >= 0.3 is 21.1 Å². The Hall–Kier alpha value is -2.81. The summed E-state index contributed by atoms with van der Waals surface area (Å²) in [7, 11) is 0. The van der Waals surface area contributed by atoms with E-state index < -0.39 is 6.10 Å². The van der Waals surface area contributed by atoms with Gasteiger partial charge < -0.3 is 5.11 Å². The number of Topliss-reactive ketones (excluding diaryl/α,β-unsaturated/α-hetero) is 1. The topological polar surface area (TPSA) is 50.2 Å². The molecule has 0 fully saturated rings. The molecule has 4 aromatic rings. The van der Waals surface area contributed by atoms with Crippen LogP contribution < -0.4 is 16.4 Å². The van der Waals surface area contributed by atoms with Gasteiger partial charge in [0.2, 0.25) is 6.71 Å². The van der Waals surface area contributed by atoms with Crippen molar-refractivity contribution >= 4 is 28.9 Å². The third kappa shape index (κ3) is 8.59. The maximum Gasteiger partial charge on any atom is 2.00 e. The molecule has 204 valence electrons. The van der Waals surface area contributed by atoms with Crippen LogP contribution >= 0.6 is 0 Å². The van der Waals surface area contributed by atoms with E-state index >= 15 is 0 Å². The Bertz CT molecular complexity index is 1310. The summed E-state index contributed by atoms with van der Waals surface area (Å²) in [6.45, 7) is 16.6. The largest absolute Gasteiger partial charge is 2.00 e. The third-order valence-electron chi connectivity index (χ3n) is 6.82. The molecule has 0 saturated heterocycles. The number of rotatable bonds is 6. The Morgan fingerprint density at radius 1 is 0.795 bits per heavy atom. The van der Waals surface area contributed by atoms with Crippen molar-refractivity contribution in [2.45, 2.75) is 67.9 Å². The standard InChI is InChI=1S/C29H30BN.C5H10O2.Pt/c1-19-14-21(3)28(22(4)15-19)30(29-23(5)16-20(2)17-24(29)6)26-11-9-10-25(18-26)27-12-7-8-13-31-27;1-4(6)3-5(2)7;/h7-18H,1-6H3;4,6H,3H2,1-2H3;/q;;+2. The van der Waals surface area contributed by atoms with Crippen molar-refractivity contribution in [2.75, 3.05) is 0 Å². The SMILES string of the molecule is CC(=O)CC(C)O.Cc1cc(C)c(B(c2cccc(-c3ccccn3)c2)c2c(C)cc(C)cc2C)c(C)c1.[Pt+2]. The van der Waals surface area contributed by atoms with Crippen LogP contribution in [0.3, 0.4) is 0 Å². The van der Waals surface area contributed by atoms with Gasteiger partial charge in [0.05, 0.1) is 11.8 Å². The van der Waals surface area contributed by atoms with Crippen LogP contribution in [0.2, 0.25) is 0 Å². The molecule has 3 aromatic carbocycles. The number of ketones is 1. The molecule has 5 heteroatoms. The molecule has 4 rings (SSSR count). The van der Waals surface area contributed by atoms with E-state index in [9.17, 15) is 4.79 Å². The van der Waals surface area contributed by atoms with Crippen molar-refractivity contribution in [3.63, 3.8) is 0 Å². The summed E-state index contributed by atoms with van der Waals surface area (Å²) in [5, 5.41) is 8.50. The van der Waals surface area contributed by atoms with Gasteiger partial charge in [-0.1, -0.05) is 104 Å². The quantitative estimate of drug-likeness (QED) is 0.272. The molecule has 1 heterocycles. The minimum absolute atomic E-state index is 0. The van der Waals surface area contributed by atoms with E-state index in [0.29, 0.717) is 0 Å². The first-order chi connectivity index (χ1) is 18.0. The molecule has 0 saturated carbocycles. The first kappa shape index (κ1) is 32.4. The van der Waals surface area contributed by atoms with Gasteiger partial charge in [-0.3, -0.25) is 9.78 Å². The van der Waals surface area contributed by atoms with Crippen LogP contribution in [0.5, 0.6) is 0 Å². The fourth-order valence-electron chi connectivity index (χ4n) is 5.60. The maximum atomic E-state index is 10.1. The summed E-state index contributed by atoms with van der Waals surface area (Å²) >= 11 is 0. The van der Waals surface area contributed by atoms with Crippen LogP contribution in [0.1, 0.15) is 53.6 Å². The first-order valence-corrected chi connectivity index (χ1v) is 13.3. The zero-order valence-corrected chi connectivity index (χ0v) is 26.7. The van der Waals surface area contributed by atoms with Crippen LogP contribution in [-0.2, 0) is 25.9 Å². The Balaban J connectivity index is 0.000000592. The fourth-order valence-corrected chi connectivity index (χ4v) is 5.60. The van der Waals surface area contributed by atoms with E-state index in [1.165, 1.54) is 56.7 Å². The van der Waals surface area contributed by atoms with Gasteiger partial charge in [0.15, 0.2) is 0 Å². The Kier molecular flexibility index (Phi) is 12.1. The second kappa shape index (κ2) is 14.5. The van der Waals surface area contributed by atoms with E-state index in [4.69, 9.17) is 5.11 Å². The number of aliphatic hydroxyl groups excluding tert-OH is 1. The fraction of sp³-hybridized carbons (Fsp3) is 0.294. The molecule has 0 aliphatic heterocycles. The van der Waals surface area contributed by atoms with Gasteiger partial charge in [-0.05, 0) is 73.1 Å². The van der Waals surface area contributed by atoms with Crippen LogP contribution in [0.15, 0.2) is 72.9 Å². The molecule has 0 aliphatic rings. The molecule has 0 bridgehead atoms. The van der Waals surface area contributed by atoms with E-state index in [0.717, 1.165) is 11.3 Å². The molecule has 1 unspecified atom stereocenters. The van der Waals surface area contributed by atoms with Gasteiger partial charge in [0, 0.05) is 12.6 Å². The number of benzene rings is 3. The van der Waals surface area contributed by atoms with Gasteiger partial charge in [0.1, 0.15) is 5.78 Å². The predicted octanol–water partition coefficient (Wildman–Crippen LogP) is 5.46. The van der Waals surface area contributed by atoms with Gasteiger partial charge in [-0.2, -0.15) is 0 Å². The number of pyridine rings is 1. The second-order valence-corrected chi connectivity index (χ2v) is 10.7. The number of carbonyl (C=O) groups is 1. The molecule has 1 atom stereocenters. The molecule has 0 aliphatic carbocycles. The molecular weight excluding hydrogens is 660 g/mol.